The van der Waals surface area contributed by atoms with Crippen molar-refractivity contribution in [2.45, 2.75) is 25.8 Å². The van der Waals surface area contributed by atoms with Gasteiger partial charge in [0.1, 0.15) is 5.69 Å². The molecule has 0 saturated heterocycles. The minimum absolute atomic E-state index is 0.0921. The first-order valence-electron chi connectivity index (χ1n) is 6.79. The lowest BCUT2D eigenvalue weighted by Crippen LogP contribution is -2.41. The average Bonchev–Trinajstić information content (AvgIpc) is 2.99. The summed E-state index contributed by atoms with van der Waals surface area (Å²) in [6.07, 6.45) is 4.14. The first kappa shape index (κ1) is 13.3. The molecule has 0 bridgehead atoms. The van der Waals surface area contributed by atoms with Gasteiger partial charge < -0.3 is 16.0 Å². The molecule has 2 aromatic rings. The van der Waals surface area contributed by atoms with E-state index >= 15 is 0 Å². The van der Waals surface area contributed by atoms with Gasteiger partial charge in [-0.15, -0.1) is 11.3 Å². The average molecular weight is 290 g/mol. The second kappa shape index (κ2) is 5.38. The van der Waals surface area contributed by atoms with Crippen molar-refractivity contribution < 1.29 is 4.79 Å². The molecule has 0 radical (unpaired) electrons. The first-order chi connectivity index (χ1) is 9.67. The highest BCUT2D eigenvalue weighted by Crippen LogP contribution is 2.32. The number of thiazole rings is 1. The van der Waals surface area contributed by atoms with Gasteiger partial charge in [0, 0.05) is 29.7 Å². The van der Waals surface area contributed by atoms with Crippen LogP contribution in [-0.4, -0.2) is 28.5 Å². The summed E-state index contributed by atoms with van der Waals surface area (Å²) in [7, 11) is 0. The van der Waals surface area contributed by atoms with E-state index in [2.05, 4.69) is 15.3 Å². The van der Waals surface area contributed by atoms with Crippen molar-refractivity contribution in [3.8, 4) is 11.3 Å². The van der Waals surface area contributed by atoms with Crippen LogP contribution in [-0.2, 0) is 0 Å². The lowest BCUT2D eigenvalue weighted by Gasteiger charge is -2.15. The van der Waals surface area contributed by atoms with Gasteiger partial charge in [-0.25, -0.2) is 4.98 Å². The molecule has 2 aromatic heterocycles. The first-order valence-corrected chi connectivity index (χ1v) is 7.67. The summed E-state index contributed by atoms with van der Waals surface area (Å²) in [5.41, 5.74) is 8.11. The molecule has 1 unspecified atom stereocenters. The molecule has 0 spiro atoms. The molecule has 1 aliphatic carbocycles. The Morgan fingerprint density at radius 1 is 1.65 bits per heavy atom. The van der Waals surface area contributed by atoms with Gasteiger partial charge in [0.25, 0.3) is 5.91 Å². The summed E-state index contributed by atoms with van der Waals surface area (Å²) in [5, 5.41) is 6.01. The van der Waals surface area contributed by atoms with Crippen LogP contribution in [0.3, 0.4) is 0 Å². The van der Waals surface area contributed by atoms with Gasteiger partial charge in [-0.1, -0.05) is 0 Å². The number of nitrogens with one attached hydrogen (secondary N) is 2. The third kappa shape index (κ3) is 2.76. The Morgan fingerprint density at radius 2 is 2.45 bits per heavy atom. The molecular formula is C14H18N4OS. The van der Waals surface area contributed by atoms with E-state index in [0.717, 1.165) is 29.1 Å². The van der Waals surface area contributed by atoms with Crippen LogP contribution in [0.1, 0.15) is 28.3 Å². The van der Waals surface area contributed by atoms with Crippen molar-refractivity contribution >= 4 is 17.2 Å². The number of nitrogens with zero attached hydrogens (tertiary/aromatic N) is 1. The maximum absolute atomic E-state index is 12.2. The minimum Gasteiger partial charge on any atom is -0.357 e. The Balaban J connectivity index is 1.71. The fraction of sp³-hybridized carbons (Fsp3) is 0.429. The molecular weight excluding hydrogens is 272 g/mol. The molecule has 2 heterocycles. The summed E-state index contributed by atoms with van der Waals surface area (Å²) >= 11 is 1.60. The molecule has 1 amide bonds. The van der Waals surface area contributed by atoms with Crippen molar-refractivity contribution in [3.63, 3.8) is 0 Å². The van der Waals surface area contributed by atoms with Crippen LogP contribution in [0.15, 0.2) is 17.6 Å². The number of rotatable bonds is 5. The van der Waals surface area contributed by atoms with Gasteiger partial charge in [-0.2, -0.15) is 0 Å². The second-order valence-electron chi connectivity index (χ2n) is 5.21. The zero-order valence-corrected chi connectivity index (χ0v) is 12.2. The standard InChI is InChI=1S/C14H18N4OS/c1-8-17-13(7-20-8)10-4-11(16-6-10)14(19)18-12(5-15)9-2-3-9/h4,6-7,9,12,16H,2-3,5,15H2,1H3,(H,18,19). The Bertz CT molecular complexity index is 614. The fourth-order valence-corrected chi connectivity index (χ4v) is 2.91. The predicted molar refractivity (Wildman–Crippen MR) is 79.7 cm³/mol. The zero-order chi connectivity index (χ0) is 14.1. The Labute approximate surface area is 121 Å². The van der Waals surface area contributed by atoms with Crippen molar-refractivity contribution in [1.29, 1.82) is 0 Å². The molecule has 20 heavy (non-hydrogen) atoms. The summed E-state index contributed by atoms with van der Waals surface area (Å²) in [6.45, 7) is 2.46. The molecule has 1 aliphatic rings. The molecule has 106 valence electrons. The number of hydrogen-bond acceptors (Lipinski definition) is 4. The van der Waals surface area contributed by atoms with Gasteiger partial charge in [-0.3, -0.25) is 4.79 Å². The van der Waals surface area contributed by atoms with Crippen molar-refractivity contribution in [2.24, 2.45) is 11.7 Å². The number of carbonyl (C=O) groups is 1. The number of carbonyl (C=O) groups excluding carboxylic acids is 1. The third-order valence-corrected chi connectivity index (χ3v) is 4.38. The van der Waals surface area contributed by atoms with Crippen LogP contribution >= 0.6 is 11.3 Å². The molecule has 6 heteroatoms. The van der Waals surface area contributed by atoms with Gasteiger partial charge in [0.15, 0.2) is 0 Å². The number of amides is 1. The van der Waals surface area contributed by atoms with Gasteiger partial charge in [-0.05, 0) is 31.7 Å². The van der Waals surface area contributed by atoms with E-state index in [0.29, 0.717) is 18.2 Å². The maximum Gasteiger partial charge on any atom is 0.267 e. The van der Waals surface area contributed by atoms with E-state index < -0.39 is 0 Å². The molecule has 4 N–H and O–H groups in total. The van der Waals surface area contributed by atoms with Crippen molar-refractivity contribution in [1.82, 2.24) is 15.3 Å². The predicted octanol–water partition coefficient (Wildman–Crippen LogP) is 1.91. The molecule has 1 atom stereocenters. The quantitative estimate of drug-likeness (QED) is 0.786. The van der Waals surface area contributed by atoms with Crippen LogP contribution in [0.5, 0.6) is 0 Å². The number of hydrogen-bond donors (Lipinski definition) is 3. The van der Waals surface area contributed by atoms with E-state index in [4.69, 9.17) is 5.73 Å². The monoisotopic (exact) mass is 290 g/mol. The van der Waals surface area contributed by atoms with Crippen LogP contribution in [0.2, 0.25) is 0 Å². The highest BCUT2D eigenvalue weighted by molar-refractivity contribution is 7.09. The van der Waals surface area contributed by atoms with Gasteiger partial charge in [0.05, 0.1) is 10.7 Å². The minimum atomic E-state index is -0.0921. The number of nitrogens with two attached hydrogens (primary N) is 1. The van der Waals surface area contributed by atoms with Gasteiger partial charge in [0.2, 0.25) is 0 Å². The Morgan fingerprint density at radius 3 is 3.05 bits per heavy atom. The van der Waals surface area contributed by atoms with E-state index in [1.807, 2.05) is 24.6 Å². The van der Waals surface area contributed by atoms with Crippen LogP contribution in [0, 0.1) is 12.8 Å². The fourth-order valence-electron chi connectivity index (χ4n) is 2.28. The van der Waals surface area contributed by atoms with E-state index in [1.165, 1.54) is 0 Å². The lowest BCUT2D eigenvalue weighted by molar-refractivity contribution is 0.0929. The third-order valence-electron chi connectivity index (χ3n) is 3.60. The smallest absolute Gasteiger partial charge is 0.267 e. The molecule has 1 saturated carbocycles. The summed E-state index contributed by atoms with van der Waals surface area (Å²) in [6, 6.07) is 1.93. The molecule has 1 fully saturated rings. The van der Waals surface area contributed by atoms with E-state index in [-0.39, 0.29) is 11.9 Å². The Hall–Kier alpha value is -1.66. The molecule has 3 rings (SSSR count). The number of aromatic amines is 1. The Kier molecular flexibility index (Phi) is 3.58. The largest absolute Gasteiger partial charge is 0.357 e. The van der Waals surface area contributed by atoms with E-state index in [1.54, 1.807) is 11.3 Å². The summed E-state index contributed by atoms with van der Waals surface area (Å²) in [4.78, 5) is 19.6. The second-order valence-corrected chi connectivity index (χ2v) is 6.27. The van der Waals surface area contributed by atoms with E-state index in [9.17, 15) is 4.79 Å². The van der Waals surface area contributed by atoms with Crippen LogP contribution < -0.4 is 11.1 Å². The van der Waals surface area contributed by atoms with Crippen LogP contribution in [0.25, 0.3) is 11.3 Å². The normalized spacial score (nSPS) is 16.1. The van der Waals surface area contributed by atoms with Crippen molar-refractivity contribution in [3.05, 3.63) is 28.3 Å². The number of aryl methyl sites for hydroxylation is 1. The van der Waals surface area contributed by atoms with Crippen molar-refractivity contribution in [2.75, 3.05) is 6.54 Å². The SMILES string of the molecule is Cc1nc(-c2c[nH]c(C(=O)NC(CN)C3CC3)c2)cs1. The van der Waals surface area contributed by atoms with Gasteiger partial charge >= 0.3 is 0 Å². The zero-order valence-electron chi connectivity index (χ0n) is 11.3. The summed E-state index contributed by atoms with van der Waals surface area (Å²) < 4.78 is 0. The number of aromatic nitrogens is 2. The molecule has 0 aromatic carbocycles. The highest BCUT2D eigenvalue weighted by atomic mass is 32.1. The lowest BCUT2D eigenvalue weighted by atomic mass is 10.2. The highest BCUT2D eigenvalue weighted by Gasteiger charge is 2.31. The molecule has 0 aliphatic heterocycles. The topological polar surface area (TPSA) is 83.8 Å². The van der Waals surface area contributed by atoms with Crippen LogP contribution in [0.4, 0.5) is 0 Å². The maximum atomic E-state index is 12.2. The number of H-pyrrole nitrogens is 1. The summed E-state index contributed by atoms with van der Waals surface area (Å²) in [5.74, 6) is 0.463. The molecule has 5 nitrogen and oxygen atoms in total.